The SMILES string of the molecule is Cc1c(Cl)[nH]c(=O)n(Cc2ccc(F)c(Cl)c2)c1=O. The Morgan fingerprint density at radius 1 is 1.32 bits per heavy atom. The smallest absolute Gasteiger partial charge is 0.297 e. The normalized spacial score (nSPS) is 10.7. The Morgan fingerprint density at radius 3 is 2.63 bits per heavy atom. The highest BCUT2D eigenvalue weighted by Gasteiger charge is 2.10. The molecule has 0 spiro atoms. The van der Waals surface area contributed by atoms with E-state index in [2.05, 4.69) is 4.98 Å². The van der Waals surface area contributed by atoms with Crippen molar-refractivity contribution in [1.29, 1.82) is 0 Å². The first kappa shape index (κ1) is 13.8. The number of benzene rings is 1. The highest BCUT2D eigenvalue weighted by molar-refractivity contribution is 6.30. The minimum absolute atomic E-state index is 0.00776. The van der Waals surface area contributed by atoms with Crippen LogP contribution in [-0.2, 0) is 6.54 Å². The Morgan fingerprint density at radius 2 is 2.00 bits per heavy atom. The van der Waals surface area contributed by atoms with Crippen molar-refractivity contribution in [2.24, 2.45) is 0 Å². The van der Waals surface area contributed by atoms with Gasteiger partial charge in [-0.25, -0.2) is 9.18 Å². The molecular formula is C12H9Cl2FN2O2. The molecule has 7 heteroatoms. The molecule has 0 atom stereocenters. The van der Waals surface area contributed by atoms with Crippen LogP contribution in [0.3, 0.4) is 0 Å². The van der Waals surface area contributed by atoms with E-state index < -0.39 is 17.1 Å². The number of hydrogen-bond donors (Lipinski definition) is 1. The van der Waals surface area contributed by atoms with Crippen molar-refractivity contribution in [1.82, 2.24) is 9.55 Å². The van der Waals surface area contributed by atoms with Gasteiger partial charge in [0.1, 0.15) is 11.0 Å². The van der Waals surface area contributed by atoms with Gasteiger partial charge < -0.3 is 0 Å². The van der Waals surface area contributed by atoms with Crippen molar-refractivity contribution < 1.29 is 4.39 Å². The number of H-pyrrole nitrogens is 1. The summed E-state index contributed by atoms with van der Waals surface area (Å²) in [4.78, 5) is 26.0. The fourth-order valence-corrected chi connectivity index (χ4v) is 1.97. The lowest BCUT2D eigenvalue weighted by atomic mass is 10.2. The lowest BCUT2D eigenvalue weighted by Gasteiger charge is -2.07. The molecule has 1 heterocycles. The lowest BCUT2D eigenvalue weighted by molar-refractivity contribution is 0.625. The Labute approximate surface area is 117 Å². The topological polar surface area (TPSA) is 54.9 Å². The Kier molecular flexibility index (Phi) is 3.78. The van der Waals surface area contributed by atoms with Gasteiger partial charge in [0, 0.05) is 5.56 Å². The van der Waals surface area contributed by atoms with E-state index in [4.69, 9.17) is 23.2 Å². The second kappa shape index (κ2) is 5.19. The zero-order valence-corrected chi connectivity index (χ0v) is 11.3. The van der Waals surface area contributed by atoms with Crippen LogP contribution >= 0.6 is 23.2 Å². The molecule has 0 aliphatic rings. The van der Waals surface area contributed by atoms with Crippen LogP contribution in [0.1, 0.15) is 11.1 Å². The van der Waals surface area contributed by atoms with Crippen LogP contribution in [0.15, 0.2) is 27.8 Å². The summed E-state index contributed by atoms with van der Waals surface area (Å²) in [6.45, 7) is 1.50. The average molecular weight is 303 g/mol. The number of nitrogens with zero attached hydrogens (tertiary/aromatic N) is 1. The fourth-order valence-electron chi connectivity index (χ4n) is 1.61. The molecule has 1 aromatic carbocycles. The van der Waals surface area contributed by atoms with Crippen LogP contribution in [0.4, 0.5) is 4.39 Å². The van der Waals surface area contributed by atoms with E-state index in [0.29, 0.717) is 5.56 Å². The molecule has 0 aliphatic heterocycles. The molecule has 2 aromatic rings. The second-order valence-corrected chi connectivity index (χ2v) is 4.79. The number of rotatable bonds is 2. The van der Waals surface area contributed by atoms with Crippen molar-refractivity contribution in [3.63, 3.8) is 0 Å². The quantitative estimate of drug-likeness (QED) is 0.866. The lowest BCUT2D eigenvalue weighted by Crippen LogP contribution is -2.36. The largest absolute Gasteiger partial charge is 0.329 e. The van der Waals surface area contributed by atoms with Crippen molar-refractivity contribution in [3.8, 4) is 0 Å². The molecule has 100 valence electrons. The number of hydrogen-bond acceptors (Lipinski definition) is 2. The molecule has 0 unspecified atom stereocenters. The Bertz CT molecular complexity index is 752. The molecule has 19 heavy (non-hydrogen) atoms. The van der Waals surface area contributed by atoms with Crippen LogP contribution in [0.5, 0.6) is 0 Å². The third-order valence-corrected chi connectivity index (χ3v) is 3.35. The molecule has 0 fully saturated rings. The molecule has 4 nitrogen and oxygen atoms in total. The summed E-state index contributed by atoms with van der Waals surface area (Å²) in [5.74, 6) is -0.557. The summed E-state index contributed by atoms with van der Waals surface area (Å²) >= 11 is 11.3. The second-order valence-electron chi connectivity index (χ2n) is 4.01. The number of aromatic amines is 1. The molecule has 0 radical (unpaired) electrons. The van der Waals surface area contributed by atoms with Crippen LogP contribution in [-0.4, -0.2) is 9.55 Å². The van der Waals surface area contributed by atoms with Gasteiger partial charge >= 0.3 is 5.69 Å². The molecule has 0 saturated heterocycles. The van der Waals surface area contributed by atoms with Crippen molar-refractivity contribution in [2.45, 2.75) is 13.5 Å². The highest BCUT2D eigenvalue weighted by Crippen LogP contribution is 2.16. The van der Waals surface area contributed by atoms with E-state index in [1.54, 1.807) is 0 Å². The summed E-state index contributed by atoms with van der Waals surface area (Å²) in [6.07, 6.45) is 0. The van der Waals surface area contributed by atoms with E-state index in [0.717, 1.165) is 4.57 Å². The third kappa shape index (κ3) is 2.72. The Hall–Kier alpha value is -1.59. The van der Waals surface area contributed by atoms with Crippen LogP contribution in [0.2, 0.25) is 10.2 Å². The molecule has 1 N–H and O–H groups in total. The standard InChI is InChI=1S/C12H9Cl2FN2O2/c1-6-10(14)16-12(19)17(11(6)18)5-7-2-3-9(15)8(13)4-7/h2-4H,5H2,1H3,(H,16,19). The maximum absolute atomic E-state index is 13.0. The summed E-state index contributed by atoms with van der Waals surface area (Å²) in [5.41, 5.74) is -0.328. The average Bonchev–Trinajstić information content (AvgIpc) is 2.36. The van der Waals surface area contributed by atoms with Gasteiger partial charge in [-0.1, -0.05) is 29.3 Å². The Balaban J connectivity index is 2.50. The first-order chi connectivity index (χ1) is 8.90. The third-order valence-electron chi connectivity index (χ3n) is 2.68. The van der Waals surface area contributed by atoms with Crippen LogP contribution in [0.25, 0.3) is 0 Å². The van der Waals surface area contributed by atoms with Gasteiger partial charge in [-0.15, -0.1) is 0 Å². The van der Waals surface area contributed by atoms with Crippen LogP contribution < -0.4 is 11.2 Å². The molecule has 2 rings (SSSR count). The monoisotopic (exact) mass is 302 g/mol. The zero-order chi connectivity index (χ0) is 14.2. The van der Waals surface area contributed by atoms with Gasteiger partial charge in [0.2, 0.25) is 0 Å². The minimum atomic E-state index is -0.624. The van der Waals surface area contributed by atoms with E-state index in [-0.39, 0.29) is 22.3 Å². The van der Waals surface area contributed by atoms with Gasteiger partial charge in [0.25, 0.3) is 5.56 Å². The summed E-state index contributed by atoms with van der Waals surface area (Å²) in [6, 6.07) is 4.00. The van der Waals surface area contributed by atoms with E-state index in [1.807, 2.05) is 0 Å². The molecule has 0 amide bonds. The minimum Gasteiger partial charge on any atom is -0.297 e. The fraction of sp³-hybridized carbons (Fsp3) is 0.167. The zero-order valence-electron chi connectivity index (χ0n) is 9.84. The summed E-state index contributed by atoms with van der Waals surface area (Å²) in [7, 11) is 0. The predicted octanol–water partition coefficient (Wildman–Crippen LogP) is 2.34. The van der Waals surface area contributed by atoms with Gasteiger partial charge in [-0.3, -0.25) is 14.3 Å². The van der Waals surface area contributed by atoms with Crippen molar-refractivity contribution in [3.05, 3.63) is 66.2 Å². The first-order valence-electron chi connectivity index (χ1n) is 5.33. The van der Waals surface area contributed by atoms with Crippen LogP contribution in [0, 0.1) is 12.7 Å². The summed E-state index contributed by atoms with van der Waals surface area (Å²) in [5, 5.41) is -0.0453. The maximum atomic E-state index is 13.0. The molecule has 0 saturated carbocycles. The molecule has 0 bridgehead atoms. The van der Waals surface area contributed by atoms with E-state index in [1.165, 1.54) is 25.1 Å². The van der Waals surface area contributed by atoms with Gasteiger partial charge in [0.15, 0.2) is 0 Å². The van der Waals surface area contributed by atoms with Crippen molar-refractivity contribution >= 4 is 23.2 Å². The molecular weight excluding hydrogens is 294 g/mol. The van der Waals surface area contributed by atoms with Gasteiger partial charge in [-0.05, 0) is 24.6 Å². The first-order valence-corrected chi connectivity index (χ1v) is 6.09. The number of aromatic nitrogens is 2. The summed E-state index contributed by atoms with van der Waals surface area (Å²) < 4.78 is 14.0. The number of halogens is 3. The van der Waals surface area contributed by atoms with E-state index in [9.17, 15) is 14.0 Å². The van der Waals surface area contributed by atoms with E-state index >= 15 is 0 Å². The highest BCUT2D eigenvalue weighted by atomic mass is 35.5. The predicted molar refractivity (Wildman–Crippen MR) is 71.6 cm³/mol. The van der Waals surface area contributed by atoms with Gasteiger partial charge in [0.05, 0.1) is 11.6 Å². The molecule has 1 aromatic heterocycles. The van der Waals surface area contributed by atoms with Crippen molar-refractivity contribution in [2.75, 3.05) is 0 Å². The number of nitrogens with one attached hydrogen (secondary N) is 1. The molecule has 0 aliphatic carbocycles. The maximum Gasteiger partial charge on any atom is 0.329 e. The van der Waals surface area contributed by atoms with Gasteiger partial charge in [-0.2, -0.15) is 0 Å².